The standard InChI is InChI=1S/C17H22N2O2/c1-12-4-5-13(3-2-10-18)11-16(12)17(21)19-14-6-8-15(20)9-7-14/h4-5,11,14-15,20H,6-10,18H2,1H3,(H,19,21). The largest absolute Gasteiger partial charge is 0.393 e. The number of aryl methyl sites for hydroxylation is 1. The zero-order valence-electron chi connectivity index (χ0n) is 12.4. The minimum atomic E-state index is -0.213. The molecule has 0 heterocycles. The van der Waals surface area contributed by atoms with E-state index in [1.807, 2.05) is 25.1 Å². The maximum atomic E-state index is 12.4. The molecule has 4 heteroatoms. The van der Waals surface area contributed by atoms with Crippen LogP contribution in [0.3, 0.4) is 0 Å². The Labute approximate surface area is 125 Å². The zero-order chi connectivity index (χ0) is 15.2. The van der Waals surface area contributed by atoms with Gasteiger partial charge in [0.05, 0.1) is 12.6 Å². The molecule has 0 saturated heterocycles. The van der Waals surface area contributed by atoms with Gasteiger partial charge in [-0.25, -0.2) is 0 Å². The fourth-order valence-corrected chi connectivity index (χ4v) is 2.58. The van der Waals surface area contributed by atoms with Gasteiger partial charge in [-0.2, -0.15) is 0 Å². The van der Waals surface area contributed by atoms with E-state index in [-0.39, 0.29) is 18.1 Å². The van der Waals surface area contributed by atoms with Gasteiger partial charge in [0.2, 0.25) is 0 Å². The highest BCUT2D eigenvalue weighted by molar-refractivity contribution is 5.96. The van der Waals surface area contributed by atoms with Gasteiger partial charge in [0.15, 0.2) is 0 Å². The summed E-state index contributed by atoms with van der Waals surface area (Å²) in [7, 11) is 0. The molecule has 0 unspecified atom stereocenters. The van der Waals surface area contributed by atoms with Crippen LogP contribution in [0.5, 0.6) is 0 Å². The van der Waals surface area contributed by atoms with E-state index in [0.29, 0.717) is 12.1 Å². The Morgan fingerprint density at radius 2 is 2.10 bits per heavy atom. The van der Waals surface area contributed by atoms with Crippen molar-refractivity contribution < 1.29 is 9.90 Å². The van der Waals surface area contributed by atoms with Crippen molar-refractivity contribution in [1.29, 1.82) is 0 Å². The summed E-state index contributed by atoms with van der Waals surface area (Å²) in [4.78, 5) is 12.4. The Kier molecular flexibility index (Phi) is 5.38. The second-order valence-electron chi connectivity index (χ2n) is 5.51. The molecule has 1 amide bonds. The molecular weight excluding hydrogens is 264 g/mol. The first kappa shape index (κ1) is 15.6. The molecule has 1 aliphatic rings. The van der Waals surface area contributed by atoms with Crippen LogP contribution in [0, 0.1) is 18.8 Å². The van der Waals surface area contributed by atoms with Crippen LogP contribution in [0.25, 0.3) is 0 Å². The van der Waals surface area contributed by atoms with E-state index < -0.39 is 0 Å². The van der Waals surface area contributed by atoms with Crippen LogP contribution in [-0.4, -0.2) is 29.7 Å². The van der Waals surface area contributed by atoms with Crippen LogP contribution in [0.1, 0.15) is 47.2 Å². The maximum Gasteiger partial charge on any atom is 0.251 e. The van der Waals surface area contributed by atoms with Crippen LogP contribution in [0.4, 0.5) is 0 Å². The molecule has 112 valence electrons. The van der Waals surface area contributed by atoms with Gasteiger partial charge in [-0.05, 0) is 50.3 Å². The van der Waals surface area contributed by atoms with Crippen molar-refractivity contribution in [2.24, 2.45) is 5.73 Å². The molecule has 1 aromatic carbocycles. The topological polar surface area (TPSA) is 75.4 Å². The number of hydrogen-bond donors (Lipinski definition) is 3. The van der Waals surface area contributed by atoms with Crippen molar-refractivity contribution in [1.82, 2.24) is 5.32 Å². The maximum absolute atomic E-state index is 12.4. The molecule has 0 atom stereocenters. The highest BCUT2D eigenvalue weighted by Gasteiger charge is 2.21. The summed E-state index contributed by atoms with van der Waals surface area (Å²) in [5, 5.41) is 12.6. The molecule has 0 spiro atoms. The number of nitrogens with two attached hydrogens (primary N) is 1. The fourth-order valence-electron chi connectivity index (χ4n) is 2.58. The average Bonchev–Trinajstić information content (AvgIpc) is 2.48. The summed E-state index contributed by atoms with van der Waals surface area (Å²) < 4.78 is 0. The van der Waals surface area contributed by atoms with Gasteiger partial charge in [-0.15, -0.1) is 0 Å². The lowest BCUT2D eigenvalue weighted by molar-refractivity contribution is 0.0867. The molecule has 1 fully saturated rings. The second-order valence-corrected chi connectivity index (χ2v) is 5.51. The highest BCUT2D eigenvalue weighted by Crippen LogP contribution is 2.19. The van der Waals surface area contributed by atoms with E-state index in [9.17, 15) is 9.90 Å². The van der Waals surface area contributed by atoms with E-state index >= 15 is 0 Å². The zero-order valence-corrected chi connectivity index (χ0v) is 12.4. The third-order valence-electron chi connectivity index (χ3n) is 3.85. The Bertz CT molecular complexity index is 564. The molecule has 4 nitrogen and oxygen atoms in total. The third kappa shape index (κ3) is 4.32. The lowest BCUT2D eigenvalue weighted by atomic mass is 9.92. The highest BCUT2D eigenvalue weighted by atomic mass is 16.3. The first-order chi connectivity index (χ1) is 10.1. The predicted octanol–water partition coefficient (Wildman–Crippen LogP) is 1.34. The Morgan fingerprint density at radius 1 is 1.38 bits per heavy atom. The van der Waals surface area contributed by atoms with Crippen molar-refractivity contribution in [3.8, 4) is 11.8 Å². The number of aliphatic hydroxyl groups is 1. The van der Waals surface area contributed by atoms with Crippen molar-refractivity contribution in [2.75, 3.05) is 6.54 Å². The number of benzene rings is 1. The fraction of sp³-hybridized carbons (Fsp3) is 0.471. The average molecular weight is 286 g/mol. The van der Waals surface area contributed by atoms with E-state index in [0.717, 1.165) is 36.8 Å². The van der Waals surface area contributed by atoms with Crippen molar-refractivity contribution in [3.63, 3.8) is 0 Å². The summed E-state index contributed by atoms with van der Waals surface area (Å²) in [6.07, 6.45) is 2.96. The molecule has 4 N–H and O–H groups in total. The molecule has 1 aromatic rings. The molecule has 1 saturated carbocycles. The quantitative estimate of drug-likeness (QED) is 0.718. The predicted molar refractivity (Wildman–Crippen MR) is 82.8 cm³/mol. The number of rotatable bonds is 2. The third-order valence-corrected chi connectivity index (χ3v) is 3.85. The first-order valence-corrected chi connectivity index (χ1v) is 7.38. The van der Waals surface area contributed by atoms with Gasteiger partial charge >= 0.3 is 0 Å². The van der Waals surface area contributed by atoms with Crippen LogP contribution < -0.4 is 11.1 Å². The summed E-state index contributed by atoms with van der Waals surface area (Å²) in [6.45, 7) is 2.22. The van der Waals surface area contributed by atoms with E-state index in [1.54, 1.807) is 0 Å². The summed E-state index contributed by atoms with van der Waals surface area (Å²) in [5.74, 6) is 5.68. The molecule has 0 bridgehead atoms. The van der Waals surface area contributed by atoms with Crippen LogP contribution in [-0.2, 0) is 0 Å². The van der Waals surface area contributed by atoms with E-state index in [4.69, 9.17) is 5.73 Å². The minimum absolute atomic E-state index is 0.0645. The normalized spacial score (nSPS) is 21.3. The van der Waals surface area contributed by atoms with Gasteiger partial charge in [-0.3, -0.25) is 4.79 Å². The number of aliphatic hydroxyl groups excluding tert-OH is 1. The Hall–Kier alpha value is -1.83. The number of carbonyl (C=O) groups is 1. The smallest absolute Gasteiger partial charge is 0.251 e. The van der Waals surface area contributed by atoms with Crippen molar-refractivity contribution >= 4 is 5.91 Å². The molecule has 1 aliphatic carbocycles. The molecule has 0 aromatic heterocycles. The Balaban J connectivity index is 2.07. The summed E-state index contributed by atoms with van der Waals surface area (Å²) in [6, 6.07) is 5.76. The van der Waals surface area contributed by atoms with Crippen LogP contribution in [0.2, 0.25) is 0 Å². The first-order valence-electron chi connectivity index (χ1n) is 7.38. The minimum Gasteiger partial charge on any atom is -0.393 e. The monoisotopic (exact) mass is 286 g/mol. The summed E-state index contributed by atoms with van der Waals surface area (Å²) >= 11 is 0. The van der Waals surface area contributed by atoms with E-state index in [2.05, 4.69) is 17.2 Å². The van der Waals surface area contributed by atoms with Crippen molar-refractivity contribution in [2.45, 2.75) is 44.8 Å². The molecule has 0 aliphatic heterocycles. The summed E-state index contributed by atoms with van der Waals surface area (Å²) in [5.41, 5.74) is 7.76. The number of nitrogens with one attached hydrogen (secondary N) is 1. The van der Waals surface area contributed by atoms with Crippen LogP contribution >= 0.6 is 0 Å². The van der Waals surface area contributed by atoms with Crippen LogP contribution in [0.15, 0.2) is 18.2 Å². The lowest BCUT2D eigenvalue weighted by Crippen LogP contribution is -2.38. The van der Waals surface area contributed by atoms with Gasteiger partial charge in [0.25, 0.3) is 5.91 Å². The molecule has 21 heavy (non-hydrogen) atoms. The Morgan fingerprint density at radius 3 is 2.76 bits per heavy atom. The van der Waals surface area contributed by atoms with Crippen molar-refractivity contribution in [3.05, 3.63) is 34.9 Å². The van der Waals surface area contributed by atoms with Gasteiger partial charge < -0.3 is 16.2 Å². The van der Waals surface area contributed by atoms with Gasteiger partial charge in [0, 0.05) is 17.2 Å². The number of hydrogen-bond acceptors (Lipinski definition) is 3. The molecule has 0 radical (unpaired) electrons. The SMILES string of the molecule is Cc1ccc(C#CCN)cc1C(=O)NC1CCC(O)CC1. The number of amides is 1. The van der Waals surface area contributed by atoms with Gasteiger partial charge in [-0.1, -0.05) is 17.9 Å². The number of carbonyl (C=O) groups excluding carboxylic acids is 1. The second kappa shape index (κ2) is 7.26. The lowest BCUT2D eigenvalue weighted by Gasteiger charge is -2.26. The molecule has 2 rings (SSSR count). The van der Waals surface area contributed by atoms with E-state index in [1.165, 1.54) is 0 Å². The molecular formula is C17H22N2O2. The van der Waals surface area contributed by atoms with Gasteiger partial charge in [0.1, 0.15) is 0 Å².